The Hall–Kier alpha value is -5.99. The molecular formula is C43H46N6O12S2. The van der Waals surface area contributed by atoms with Gasteiger partial charge in [0.15, 0.2) is 29.2 Å². The first-order valence-corrected chi connectivity index (χ1v) is 22.5. The summed E-state index contributed by atoms with van der Waals surface area (Å²) in [6, 6.07) is 7.79. The zero-order valence-electron chi connectivity index (χ0n) is 34.7. The van der Waals surface area contributed by atoms with Gasteiger partial charge in [-0.05, 0) is 73.9 Å². The number of methoxy groups -OCH3 is 2. The lowest BCUT2D eigenvalue weighted by Crippen LogP contribution is -2.51. The number of nitro groups is 1. The summed E-state index contributed by atoms with van der Waals surface area (Å²) < 4.78 is 28.9. The fourth-order valence-electron chi connectivity index (χ4n) is 7.98. The van der Waals surface area contributed by atoms with E-state index in [1.165, 1.54) is 70.0 Å². The first-order chi connectivity index (χ1) is 30.3. The lowest BCUT2D eigenvalue weighted by atomic mass is 10.1. The van der Waals surface area contributed by atoms with E-state index in [4.69, 9.17) is 23.7 Å². The first kappa shape index (κ1) is 43.7. The highest BCUT2D eigenvalue weighted by atomic mass is 33.1. The third kappa shape index (κ3) is 8.96. The van der Waals surface area contributed by atoms with Gasteiger partial charge in [0.2, 0.25) is 5.91 Å². The van der Waals surface area contributed by atoms with Gasteiger partial charge < -0.3 is 43.9 Å². The largest absolute Gasteiger partial charge is 0.493 e. The molecule has 332 valence electrons. The van der Waals surface area contributed by atoms with Crippen LogP contribution in [0.3, 0.4) is 0 Å². The molecule has 3 atom stereocenters. The molecule has 18 nitrogen and oxygen atoms in total. The third-order valence-electron chi connectivity index (χ3n) is 11.5. The van der Waals surface area contributed by atoms with Crippen molar-refractivity contribution in [2.75, 3.05) is 57.3 Å². The summed E-state index contributed by atoms with van der Waals surface area (Å²) in [5.74, 6) is 0.310. The SMILES string of the molecule is C=C1C[C@H]2C(=O)Nc3cc(OCCCCCOc4cc5c(cc4OC)C(=O)N4CC(=C)C[C@H]4[C@H](O)N5C(=O)OCC4(SSc5ccc([N+](=O)[O-])cn5)CC4)c(OC)cc3C(=O)N2C1. The number of carbonyl (C=O) groups is 4. The Morgan fingerprint density at radius 1 is 0.921 bits per heavy atom. The van der Waals surface area contributed by atoms with E-state index in [1.807, 2.05) is 0 Å². The summed E-state index contributed by atoms with van der Waals surface area (Å²) in [5.41, 5.74) is 2.36. The van der Waals surface area contributed by atoms with Crippen LogP contribution in [0, 0.1) is 10.1 Å². The van der Waals surface area contributed by atoms with E-state index in [2.05, 4.69) is 23.5 Å². The number of benzene rings is 2. The van der Waals surface area contributed by atoms with Crippen molar-refractivity contribution < 1.29 is 52.9 Å². The van der Waals surface area contributed by atoms with Gasteiger partial charge in [0.05, 0.1) is 65.6 Å². The minimum atomic E-state index is -1.46. The lowest BCUT2D eigenvalue weighted by molar-refractivity contribution is -0.385. The van der Waals surface area contributed by atoms with Gasteiger partial charge in [-0.25, -0.2) is 14.7 Å². The highest BCUT2D eigenvalue weighted by Gasteiger charge is 2.49. The number of unbranched alkanes of at least 4 members (excludes halogenated alkanes) is 2. The highest BCUT2D eigenvalue weighted by Crippen LogP contribution is 2.55. The number of aliphatic hydroxyl groups excluding tert-OH is 1. The molecule has 0 bridgehead atoms. The van der Waals surface area contributed by atoms with Crippen LogP contribution in [0.25, 0.3) is 0 Å². The number of nitrogens with zero attached hydrogens (tertiary/aromatic N) is 5. The number of aromatic nitrogens is 1. The van der Waals surface area contributed by atoms with Crippen molar-refractivity contribution >= 4 is 62.5 Å². The van der Waals surface area contributed by atoms with Crippen molar-refractivity contribution in [3.63, 3.8) is 0 Å². The normalized spacial score (nSPS) is 20.8. The zero-order chi connectivity index (χ0) is 44.6. The van der Waals surface area contributed by atoms with Crippen LogP contribution in [-0.2, 0) is 9.53 Å². The van der Waals surface area contributed by atoms with Crippen LogP contribution < -0.4 is 29.2 Å². The van der Waals surface area contributed by atoms with E-state index in [-0.39, 0.29) is 60.0 Å². The molecule has 20 heteroatoms. The maximum Gasteiger partial charge on any atom is 0.416 e. The molecule has 0 spiro atoms. The Labute approximate surface area is 370 Å². The average molecular weight is 903 g/mol. The Balaban J connectivity index is 0.904. The van der Waals surface area contributed by atoms with Gasteiger partial charge in [0, 0.05) is 31.3 Å². The summed E-state index contributed by atoms with van der Waals surface area (Å²) in [6.45, 7) is 9.08. The molecule has 2 aromatic carbocycles. The number of ether oxygens (including phenoxy) is 5. The summed E-state index contributed by atoms with van der Waals surface area (Å²) in [5, 5.41) is 26.3. The molecule has 3 aromatic rings. The molecule has 0 unspecified atom stereocenters. The number of hydrogen-bond acceptors (Lipinski definition) is 15. The van der Waals surface area contributed by atoms with Crippen LogP contribution in [0.4, 0.5) is 21.9 Å². The van der Waals surface area contributed by atoms with Crippen molar-refractivity contribution in [2.45, 2.75) is 73.0 Å². The smallest absolute Gasteiger partial charge is 0.416 e. The number of hydrogen-bond donors (Lipinski definition) is 2. The van der Waals surface area contributed by atoms with Crippen molar-refractivity contribution in [1.29, 1.82) is 0 Å². The van der Waals surface area contributed by atoms with E-state index in [9.17, 15) is 34.4 Å². The summed E-state index contributed by atoms with van der Waals surface area (Å²) >= 11 is 0. The molecule has 8 rings (SSSR count). The molecule has 4 aliphatic heterocycles. The molecule has 5 heterocycles. The second-order valence-corrected chi connectivity index (χ2v) is 18.6. The number of pyridine rings is 1. The molecule has 1 aliphatic carbocycles. The van der Waals surface area contributed by atoms with Crippen LogP contribution in [0.1, 0.15) is 65.7 Å². The van der Waals surface area contributed by atoms with E-state index < -0.39 is 40.0 Å². The monoisotopic (exact) mass is 902 g/mol. The number of aliphatic hydroxyl groups is 1. The van der Waals surface area contributed by atoms with Gasteiger partial charge in [-0.15, -0.1) is 0 Å². The second-order valence-electron chi connectivity index (χ2n) is 16.0. The predicted molar refractivity (Wildman–Crippen MR) is 233 cm³/mol. The van der Waals surface area contributed by atoms with Crippen LogP contribution in [0.2, 0.25) is 0 Å². The number of anilines is 2. The Kier molecular flexibility index (Phi) is 12.5. The van der Waals surface area contributed by atoms with Crippen molar-refractivity contribution in [3.8, 4) is 23.0 Å². The minimum absolute atomic E-state index is 0.0126. The minimum Gasteiger partial charge on any atom is -0.493 e. The van der Waals surface area contributed by atoms with Gasteiger partial charge >= 0.3 is 6.09 Å². The standard InChI is InChI=1S/C43H46N6O12S2/c1-24-14-31-38(50)45-29-18-35(33(57-3)16-27(29)39(51)46(31)21-24)59-12-6-5-7-13-60-36-19-30-28(17-34(36)58-4)40(52)47-22-25(2)15-32(47)41(53)48(30)42(54)61-23-43(10-11-43)63-62-37-9-8-26(20-44-37)49(55)56/h8-9,16-20,31-32,41,53H,1-2,5-7,10-15,21-23H2,3-4H3,(H,45,50)/t31-,32-,41-/m0/s1. The van der Waals surface area contributed by atoms with Crippen molar-refractivity contribution in [2.24, 2.45) is 0 Å². The van der Waals surface area contributed by atoms with Gasteiger partial charge in [-0.1, -0.05) is 35.1 Å². The van der Waals surface area contributed by atoms with Crippen LogP contribution in [-0.4, -0.2) is 119 Å². The molecule has 2 N–H and O–H groups in total. The predicted octanol–water partition coefficient (Wildman–Crippen LogP) is 6.38. The molecule has 5 aliphatic rings. The number of rotatable bonds is 16. The topological polar surface area (TPSA) is 212 Å². The van der Waals surface area contributed by atoms with E-state index in [0.29, 0.717) is 73.0 Å². The van der Waals surface area contributed by atoms with Crippen molar-refractivity contribution in [1.82, 2.24) is 14.8 Å². The Bertz CT molecular complexity index is 2380. The zero-order valence-corrected chi connectivity index (χ0v) is 36.3. The number of amides is 4. The molecule has 63 heavy (non-hydrogen) atoms. The van der Waals surface area contributed by atoms with E-state index in [1.54, 1.807) is 18.2 Å². The highest BCUT2D eigenvalue weighted by molar-refractivity contribution is 8.77. The van der Waals surface area contributed by atoms with Crippen LogP contribution in [0.5, 0.6) is 23.0 Å². The maximum absolute atomic E-state index is 14.1. The average Bonchev–Trinajstić information content (AvgIpc) is 3.82. The lowest BCUT2D eigenvalue weighted by Gasteiger charge is -2.32. The molecule has 3 fully saturated rings. The Morgan fingerprint density at radius 2 is 1.57 bits per heavy atom. The van der Waals surface area contributed by atoms with Crippen molar-refractivity contribution in [3.05, 3.63) is 88.1 Å². The molecule has 4 amide bonds. The molecule has 1 aromatic heterocycles. The van der Waals surface area contributed by atoms with Crippen LogP contribution >= 0.6 is 21.6 Å². The number of fused-ring (bicyclic) bond motifs is 4. The van der Waals surface area contributed by atoms with Gasteiger partial charge in [0.1, 0.15) is 23.9 Å². The molecular weight excluding hydrogens is 857 g/mol. The van der Waals surface area contributed by atoms with E-state index >= 15 is 0 Å². The quantitative estimate of drug-likeness (QED) is 0.0525. The molecule has 1 saturated carbocycles. The number of nitrogens with one attached hydrogen (secondary N) is 1. The molecule has 0 radical (unpaired) electrons. The fraction of sp³-hybridized carbons (Fsp3) is 0.419. The van der Waals surface area contributed by atoms with Gasteiger partial charge in [-0.3, -0.25) is 24.5 Å². The maximum atomic E-state index is 14.1. The van der Waals surface area contributed by atoms with Crippen LogP contribution in [0.15, 0.2) is 71.9 Å². The number of carbonyl (C=O) groups excluding carboxylic acids is 4. The fourth-order valence-corrected chi connectivity index (χ4v) is 10.6. The third-order valence-corrected chi connectivity index (χ3v) is 14.7. The Morgan fingerprint density at radius 3 is 2.22 bits per heavy atom. The molecule has 2 saturated heterocycles. The van der Waals surface area contributed by atoms with E-state index in [0.717, 1.165) is 28.9 Å². The van der Waals surface area contributed by atoms with Gasteiger partial charge in [-0.2, -0.15) is 0 Å². The summed E-state index contributed by atoms with van der Waals surface area (Å²) in [7, 11) is 5.72. The summed E-state index contributed by atoms with van der Waals surface area (Å²) in [4.78, 5) is 73.2. The second kappa shape index (κ2) is 18.0. The first-order valence-electron chi connectivity index (χ1n) is 20.4. The summed E-state index contributed by atoms with van der Waals surface area (Å²) in [6.07, 6.45) is 3.00. The van der Waals surface area contributed by atoms with Gasteiger partial charge in [0.25, 0.3) is 17.5 Å².